The van der Waals surface area contributed by atoms with Gasteiger partial charge < -0.3 is 10.5 Å². The zero-order valence-corrected chi connectivity index (χ0v) is 10.5. The van der Waals surface area contributed by atoms with Crippen LogP contribution in [0.5, 0.6) is 5.88 Å². The summed E-state index contributed by atoms with van der Waals surface area (Å²) in [4.78, 5) is 4.78. The van der Waals surface area contributed by atoms with Gasteiger partial charge in [-0.1, -0.05) is 37.3 Å². The molecule has 1 aromatic carbocycles. The molecule has 2 rings (SSSR count). The lowest BCUT2D eigenvalue weighted by Crippen LogP contribution is -2.11. The summed E-state index contributed by atoms with van der Waals surface area (Å²) in [7, 11) is 0. The maximum absolute atomic E-state index is 5.73. The third kappa shape index (κ3) is 2.53. The molecule has 0 fully saturated rings. The summed E-state index contributed by atoms with van der Waals surface area (Å²) in [6.07, 6.45) is 0.941. The lowest BCUT2D eigenvalue weighted by molar-refractivity contribution is 0.306. The first-order chi connectivity index (χ1) is 8.22. The summed E-state index contributed by atoms with van der Waals surface area (Å²) < 4.78 is 5.53. The molecule has 0 spiro atoms. The van der Waals surface area contributed by atoms with Crippen LogP contribution in [0.3, 0.4) is 0 Å². The Labute approximate surface area is 106 Å². The van der Waals surface area contributed by atoms with E-state index >= 15 is 0 Å². The van der Waals surface area contributed by atoms with Crippen LogP contribution in [0, 0.1) is 0 Å². The average Bonchev–Trinajstić information content (AvgIpc) is 2.35. The predicted octanol–water partition coefficient (Wildman–Crippen LogP) is 2.66. The Kier molecular flexibility index (Phi) is 3.54. The highest BCUT2D eigenvalue weighted by atomic mass is 32.1. The zero-order chi connectivity index (χ0) is 12.3. The minimum atomic E-state index is 0.366. The molecular weight excluding hydrogens is 232 g/mol. The highest BCUT2D eigenvalue weighted by Crippen LogP contribution is 2.22. The van der Waals surface area contributed by atoms with E-state index in [-0.39, 0.29) is 0 Å². The standard InChI is InChI=1S/C13H14N2OS/c1-2-7-16-12-8-10(13(14)17)9-5-3-4-6-11(9)15-12/h3-6,8H,2,7H2,1H3,(H2,14,17). The summed E-state index contributed by atoms with van der Waals surface area (Å²) in [5.41, 5.74) is 7.39. The number of thiocarbonyl (C=S) groups is 1. The van der Waals surface area contributed by atoms with Crippen molar-refractivity contribution in [2.75, 3.05) is 6.61 Å². The van der Waals surface area contributed by atoms with Gasteiger partial charge in [0, 0.05) is 17.0 Å². The van der Waals surface area contributed by atoms with Crippen molar-refractivity contribution in [2.45, 2.75) is 13.3 Å². The number of benzene rings is 1. The second-order valence-electron chi connectivity index (χ2n) is 3.74. The van der Waals surface area contributed by atoms with Crippen LogP contribution < -0.4 is 10.5 Å². The van der Waals surface area contributed by atoms with Crippen LogP contribution in [0.2, 0.25) is 0 Å². The van der Waals surface area contributed by atoms with Gasteiger partial charge in [-0.15, -0.1) is 0 Å². The van der Waals surface area contributed by atoms with Gasteiger partial charge in [-0.05, 0) is 12.5 Å². The van der Waals surface area contributed by atoms with Crippen LogP contribution in [0.1, 0.15) is 18.9 Å². The summed E-state index contributed by atoms with van der Waals surface area (Å²) in [5, 5.41) is 0.962. The molecule has 4 heteroatoms. The van der Waals surface area contributed by atoms with Crippen LogP contribution in [0.4, 0.5) is 0 Å². The van der Waals surface area contributed by atoms with E-state index in [0.717, 1.165) is 22.9 Å². The van der Waals surface area contributed by atoms with Gasteiger partial charge in [-0.3, -0.25) is 0 Å². The van der Waals surface area contributed by atoms with Crippen molar-refractivity contribution in [3.63, 3.8) is 0 Å². The first-order valence-electron chi connectivity index (χ1n) is 5.54. The molecule has 0 atom stereocenters. The Morgan fingerprint density at radius 2 is 2.18 bits per heavy atom. The molecule has 2 aromatic rings. The molecule has 1 aromatic heterocycles. The monoisotopic (exact) mass is 246 g/mol. The molecule has 17 heavy (non-hydrogen) atoms. The van der Waals surface area contributed by atoms with Gasteiger partial charge in [0.05, 0.1) is 12.1 Å². The van der Waals surface area contributed by atoms with Crippen molar-refractivity contribution < 1.29 is 4.74 Å². The molecular formula is C13H14N2OS. The normalized spacial score (nSPS) is 10.4. The van der Waals surface area contributed by atoms with Crippen LogP contribution in [-0.2, 0) is 0 Å². The van der Waals surface area contributed by atoms with Crippen molar-refractivity contribution in [3.05, 3.63) is 35.9 Å². The molecule has 88 valence electrons. The van der Waals surface area contributed by atoms with Crippen molar-refractivity contribution >= 4 is 28.1 Å². The van der Waals surface area contributed by atoms with E-state index in [1.807, 2.05) is 24.3 Å². The van der Waals surface area contributed by atoms with E-state index in [0.29, 0.717) is 17.5 Å². The molecule has 2 N–H and O–H groups in total. The van der Waals surface area contributed by atoms with Crippen molar-refractivity contribution in [1.29, 1.82) is 0 Å². The van der Waals surface area contributed by atoms with Crippen LogP contribution in [0.25, 0.3) is 10.9 Å². The average molecular weight is 246 g/mol. The largest absolute Gasteiger partial charge is 0.478 e. The fraction of sp³-hybridized carbons (Fsp3) is 0.231. The number of nitrogens with zero attached hydrogens (tertiary/aromatic N) is 1. The molecule has 0 bridgehead atoms. The molecule has 0 aliphatic heterocycles. The van der Waals surface area contributed by atoms with E-state index in [1.165, 1.54) is 0 Å². The maximum atomic E-state index is 5.73. The number of para-hydroxylation sites is 1. The molecule has 0 amide bonds. The Bertz CT molecular complexity index is 554. The minimum absolute atomic E-state index is 0.366. The van der Waals surface area contributed by atoms with Crippen molar-refractivity contribution in [3.8, 4) is 5.88 Å². The van der Waals surface area contributed by atoms with Crippen LogP contribution in [-0.4, -0.2) is 16.6 Å². The number of pyridine rings is 1. The third-order valence-electron chi connectivity index (χ3n) is 2.41. The van der Waals surface area contributed by atoms with E-state index in [4.69, 9.17) is 22.7 Å². The first-order valence-corrected chi connectivity index (χ1v) is 5.95. The molecule has 3 nitrogen and oxygen atoms in total. The van der Waals surface area contributed by atoms with Gasteiger partial charge in [-0.2, -0.15) is 0 Å². The van der Waals surface area contributed by atoms with Gasteiger partial charge >= 0.3 is 0 Å². The third-order valence-corrected chi connectivity index (χ3v) is 2.63. The van der Waals surface area contributed by atoms with Crippen molar-refractivity contribution in [1.82, 2.24) is 4.98 Å². The highest BCUT2D eigenvalue weighted by Gasteiger charge is 2.08. The van der Waals surface area contributed by atoms with Gasteiger partial charge in [0.15, 0.2) is 0 Å². The molecule has 0 aliphatic carbocycles. The lowest BCUT2D eigenvalue weighted by Gasteiger charge is -2.09. The fourth-order valence-electron chi connectivity index (χ4n) is 1.64. The molecule has 1 heterocycles. The number of hydrogen-bond acceptors (Lipinski definition) is 3. The van der Waals surface area contributed by atoms with Gasteiger partial charge in [0.1, 0.15) is 4.99 Å². The molecule has 0 radical (unpaired) electrons. The summed E-state index contributed by atoms with van der Waals surface area (Å²) in [6.45, 7) is 2.69. The smallest absolute Gasteiger partial charge is 0.214 e. The molecule has 0 aliphatic rings. The van der Waals surface area contributed by atoms with Crippen LogP contribution >= 0.6 is 12.2 Å². The van der Waals surface area contributed by atoms with Gasteiger partial charge in [-0.25, -0.2) is 4.98 Å². The zero-order valence-electron chi connectivity index (χ0n) is 9.64. The number of nitrogens with two attached hydrogens (primary N) is 1. The molecule has 0 saturated carbocycles. The SMILES string of the molecule is CCCOc1cc(C(N)=S)c2ccccc2n1. The number of rotatable bonds is 4. The Hall–Kier alpha value is -1.68. The summed E-state index contributed by atoms with van der Waals surface area (Å²) in [5.74, 6) is 0.577. The van der Waals surface area contributed by atoms with E-state index < -0.39 is 0 Å². The summed E-state index contributed by atoms with van der Waals surface area (Å²) >= 11 is 5.06. The van der Waals surface area contributed by atoms with E-state index in [9.17, 15) is 0 Å². The predicted molar refractivity (Wildman–Crippen MR) is 73.4 cm³/mol. The number of fused-ring (bicyclic) bond motifs is 1. The van der Waals surface area contributed by atoms with E-state index in [2.05, 4.69) is 11.9 Å². The number of hydrogen-bond donors (Lipinski definition) is 1. The quantitative estimate of drug-likeness (QED) is 0.843. The minimum Gasteiger partial charge on any atom is -0.478 e. The summed E-state index contributed by atoms with van der Waals surface area (Å²) in [6, 6.07) is 9.57. The molecule has 0 saturated heterocycles. The second-order valence-corrected chi connectivity index (χ2v) is 4.18. The fourth-order valence-corrected chi connectivity index (χ4v) is 1.80. The topological polar surface area (TPSA) is 48.1 Å². The van der Waals surface area contributed by atoms with Gasteiger partial charge in [0.25, 0.3) is 0 Å². The first kappa shape index (κ1) is 11.8. The maximum Gasteiger partial charge on any atom is 0.214 e. The van der Waals surface area contributed by atoms with Crippen LogP contribution in [0.15, 0.2) is 30.3 Å². The van der Waals surface area contributed by atoms with Gasteiger partial charge in [0.2, 0.25) is 5.88 Å². The number of ether oxygens (including phenoxy) is 1. The van der Waals surface area contributed by atoms with Crippen molar-refractivity contribution in [2.24, 2.45) is 5.73 Å². The molecule has 0 unspecified atom stereocenters. The number of aromatic nitrogens is 1. The second kappa shape index (κ2) is 5.10. The van der Waals surface area contributed by atoms with E-state index in [1.54, 1.807) is 6.07 Å². The Morgan fingerprint density at radius 3 is 2.88 bits per heavy atom. The Morgan fingerprint density at radius 1 is 1.41 bits per heavy atom. The Balaban J connectivity index is 2.55. The lowest BCUT2D eigenvalue weighted by atomic mass is 10.1. The highest BCUT2D eigenvalue weighted by molar-refractivity contribution is 7.80.